The average Bonchev–Trinajstić information content (AvgIpc) is 2.40. The van der Waals surface area contributed by atoms with Crippen LogP contribution in [0.4, 0.5) is 0 Å². The maximum Gasteiger partial charge on any atom is 0.123 e. The van der Waals surface area contributed by atoms with E-state index in [1.54, 1.807) is 7.11 Å². The van der Waals surface area contributed by atoms with Gasteiger partial charge in [-0.3, -0.25) is 4.90 Å². The van der Waals surface area contributed by atoms with Crippen molar-refractivity contribution in [2.75, 3.05) is 20.2 Å². The Morgan fingerprint density at radius 3 is 2.88 bits per heavy atom. The lowest BCUT2D eigenvalue weighted by Crippen LogP contribution is -2.34. The van der Waals surface area contributed by atoms with E-state index in [9.17, 15) is 0 Å². The maximum atomic E-state index is 5.50. The van der Waals surface area contributed by atoms with E-state index in [4.69, 9.17) is 4.74 Å². The molecule has 0 amide bonds. The van der Waals surface area contributed by atoms with Gasteiger partial charge in [-0.25, -0.2) is 0 Å². The van der Waals surface area contributed by atoms with Crippen LogP contribution in [-0.2, 0) is 0 Å². The number of nitrogens with zero attached hydrogens (tertiary/aromatic N) is 1. The van der Waals surface area contributed by atoms with Gasteiger partial charge < -0.3 is 4.74 Å². The van der Waals surface area contributed by atoms with Crippen molar-refractivity contribution in [3.8, 4) is 5.75 Å². The second kappa shape index (κ2) is 6.06. The van der Waals surface area contributed by atoms with Crippen molar-refractivity contribution in [3.63, 3.8) is 0 Å². The molecule has 0 aliphatic carbocycles. The van der Waals surface area contributed by atoms with Crippen LogP contribution in [0.2, 0.25) is 0 Å². The number of rotatable bonds is 4. The van der Waals surface area contributed by atoms with Gasteiger partial charge in [-0.05, 0) is 38.4 Å². The quantitative estimate of drug-likeness (QED) is 0.787. The predicted octanol–water partition coefficient (Wildman–Crippen LogP) is 3.63. The molecule has 1 unspecified atom stereocenters. The Labute approximate surface area is 105 Å². The summed E-state index contributed by atoms with van der Waals surface area (Å²) in [6.07, 6.45) is 5.17. The summed E-state index contributed by atoms with van der Waals surface area (Å²) in [5.74, 6) is 1.04. The molecular weight excluding hydrogens is 210 g/mol. The molecule has 1 aliphatic rings. The molecule has 1 aromatic carbocycles. The van der Waals surface area contributed by atoms with Crippen LogP contribution in [0.25, 0.3) is 0 Å². The van der Waals surface area contributed by atoms with Gasteiger partial charge in [-0.2, -0.15) is 0 Å². The molecule has 0 N–H and O–H groups in total. The SMILES string of the molecule is CCCN1CCCCC1c1ccccc1OC. The molecule has 0 aromatic heterocycles. The molecule has 0 bridgehead atoms. The summed E-state index contributed by atoms with van der Waals surface area (Å²) in [6.45, 7) is 4.69. The molecule has 1 aromatic rings. The van der Waals surface area contributed by atoms with Crippen molar-refractivity contribution in [1.82, 2.24) is 4.90 Å². The van der Waals surface area contributed by atoms with Crippen molar-refractivity contribution < 1.29 is 4.74 Å². The highest BCUT2D eigenvalue weighted by Gasteiger charge is 2.25. The number of methoxy groups -OCH3 is 1. The number of ether oxygens (including phenoxy) is 1. The topological polar surface area (TPSA) is 12.5 Å². The van der Waals surface area contributed by atoms with Crippen molar-refractivity contribution in [2.24, 2.45) is 0 Å². The van der Waals surface area contributed by atoms with Gasteiger partial charge in [0.05, 0.1) is 7.11 Å². The lowest BCUT2D eigenvalue weighted by Gasteiger charge is -2.36. The van der Waals surface area contributed by atoms with Crippen LogP contribution in [0.1, 0.15) is 44.2 Å². The van der Waals surface area contributed by atoms with E-state index < -0.39 is 0 Å². The monoisotopic (exact) mass is 233 g/mol. The van der Waals surface area contributed by atoms with Crippen molar-refractivity contribution >= 4 is 0 Å². The predicted molar refractivity (Wildman–Crippen MR) is 71.5 cm³/mol. The Kier molecular flexibility index (Phi) is 4.43. The molecule has 1 saturated heterocycles. The van der Waals surface area contributed by atoms with Gasteiger partial charge in [-0.1, -0.05) is 31.5 Å². The summed E-state index contributed by atoms with van der Waals surface area (Å²) in [6, 6.07) is 9.03. The molecule has 0 saturated carbocycles. The highest BCUT2D eigenvalue weighted by Crippen LogP contribution is 2.35. The van der Waals surface area contributed by atoms with E-state index >= 15 is 0 Å². The molecule has 1 heterocycles. The minimum absolute atomic E-state index is 0.555. The lowest BCUT2D eigenvalue weighted by atomic mass is 9.94. The molecule has 94 valence electrons. The van der Waals surface area contributed by atoms with Crippen molar-refractivity contribution in [3.05, 3.63) is 29.8 Å². The summed E-state index contributed by atoms with van der Waals surface area (Å²) in [5.41, 5.74) is 1.36. The zero-order chi connectivity index (χ0) is 12.1. The number of benzene rings is 1. The van der Waals surface area contributed by atoms with Gasteiger partial charge in [0.2, 0.25) is 0 Å². The molecule has 1 aliphatic heterocycles. The van der Waals surface area contributed by atoms with Crippen LogP contribution in [-0.4, -0.2) is 25.1 Å². The number of para-hydroxylation sites is 1. The van der Waals surface area contributed by atoms with Crippen LogP contribution in [0, 0.1) is 0 Å². The molecule has 2 rings (SSSR count). The standard InChI is InChI=1S/C15H23NO/c1-3-11-16-12-7-6-9-14(16)13-8-4-5-10-15(13)17-2/h4-5,8,10,14H,3,6-7,9,11-12H2,1-2H3. The summed E-state index contributed by atoms with van der Waals surface area (Å²) >= 11 is 0. The molecule has 0 radical (unpaired) electrons. The molecule has 2 nitrogen and oxygen atoms in total. The third-order valence-electron chi connectivity index (χ3n) is 3.62. The highest BCUT2D eigenvalue weighted by molar-refractivity contribution is 5.36. The lowest BCUT2D eigenvalue weighted by molar-refractivity contribution is 0.146. The van der Waals surface area contributed by atoms with Crippen molar-refractivity contribution in [1.29, 1.82) is 0 Å². The van der Waals surface area contributed by atoms with E-state index in [2.05, 4.69) is 36.1 Å². The normalized spacial score (nSPS) is 21.4. The second-order valence-electron chi connectivity index (χ2n) is 4.79. The van der Waals surface area contributed by atoms with Crippen LogP contribution in [0.5, 0.6) is 5.75 Å². The Morgan fingerprint density at radius 2 is 2.12 bits per heavy atom. The van der Waals surface area contributed by atoms with Gasteiger partial charge in [0, 0.05) is 11.6 Å². The average molecular weight is 233 g/mol. The first kappa shape index (κ1) is 12.4. The molecule has 2 heteroatoms. The van der Waals surface area contributed by atoms with Crippen LogP contribution < -0.4 is 4.74 Å². The van der Waals surface area contributed by atoms with E-state index in [1.807, 2.05) is 0 Å². The molecule has 17 heavy (non-hydrogen) atoms. The molecule has 1 fully saturated rings. The number of hydrogen-bond donors (Lipinski definition) is 0. The first-order valence-electron chi connectivity index (χ1n) is 6.73. The molecule has 1 atom stereocenters. The fraction of sp³-hybridized carbons (Fsp3) is 0.600. The van der Waals surface area contributed by atoms with E-state index in [0.29, 0.717) is 6.04 Å². The minimum Gasteiger partial charge on any atom is -0.496 e. The number of piperidine rings is 1. The largest absolute Gasteiger partial charge is 0.496 e. The highest BCUT2D eigenvalue weighted by atomic mass is 16.5. The van der Waals surface area contributed by atoms with Crippen molar-refractivity contribution in [2.45, 2.75) is 38.6 Å². The van der Waals surface area contributed by atoms with Crippen LogP contribution in [0.15, 0.2) is 24.3 Å². The van der Waals surface area contributed by atoms with Gasteiger partial charge in [-0.15, -0.1) is 0 Å². The third-order valence-corrected chi connectivity index (χ3v) is 3.62. The van der Waals surface area contributed by atoms with Crippen LogP contribution in [0.3, 0.4) is 0 Å². The van der Waals surface area contributed by atoms with E-state index in [1.165, 1.54) is 44.3 Å². The number of likely N-dealkylation sites (tertiary alicyclic amines) is 1. The summed E-state index contributed by atoms with van der Waals surface area (Å²) in [7, 11) is 1.77. The van der Waals surface area contributed by atoms with Gasteiger partial charge in [0.1, 0.15) is 5.75 Å². The summed E-state index contributed by atoms with van der Waals surface area (Å²) < 4.78 is 5.50. The van der Waals surface area contributed by atoms with Gasteiger partial charge >= 0.3 is 0 Å². The van der Waals surface area contributed by atoms with E-state index in [0.717, 1.165) is 5.75 Å². The van der Waals surface area contributed by atoms with E-state index in [-0.39, 0.29) is 0 Å². The first-order valence-corrected chi connectivity index (χ1v) is 6.73. The zero-order valence-corrected chi connectivity index (χ0v) is 11.0. The second-order valence-corrected chi connectivity index (χ2v) is 4.79. The Hall–Kier alpha value is -1.02. The fourth-order valence-electron chi connectivity index (χ4n) is 2.84. The summed E-state index contributed by atoms with van der Waals surface area (Å²) in [5, 5.41) is 0. The third kappa shape index (κ3) is 2.81. The van der Waals surface area contributed by atoms with Crippen LogP contribution >= 0.6 is 0 Å². The molecular formula is C15H23NO. The smallest absolute Gasteiger partial charge is 0.123 e. The Morgan fingerprint density at radius 1 is 1.29 bits per heavy atom. The number of hydrogen-bond acceptors (Lipinski definition) is 2. The van der Waals surface area contributed by atoms with Gasteiger partial charge in [0.15, 0.2) is 0 Å². The maximum absolute atomic E-state index is 5.50. The Balaban J connectivity index is 2.22. The first-order chi connectivity index (χ1) is 8.36. The van der Waals surface area contributed by atoms with Gasteiger partial charge in [0.25, 0.3) is 0 Å². The zero-order valence-electron chi connectivity index (χ0n) is 11.0. The minimum atomic E-state index is 0.555. The fourth-order valence-corrected chi connectivity index (χ4v) is 2.84. The molecule has 0 spiro atoms. The Bertz CT molecular complexity index is 349. The summed E-state index contributed by atoms with van der Waals surface area (Å²) in [4.78, 5) is 2.61.